The van der Waals surface area contributed by atoms with Gasteiger partial charge in [0.25, 0.3) is 5.91 Å². The zero-order valence-electron chi connectivity index (χ0n) is 11.2. The number of carboxylic acid groups (broad SMARTS) is 1. The molecule has 7 nitrogen and oxygen atoms in total. The maximum absolute atomic E-state index is 13.5. The Hall–Kier alpha value is -2.51. The first-order valence-corrected chi connectivity index (χ1v) is 6.21. The van der Waals surface area contributed by atoms with E-state index >= 15 is 0 Å². The molecule has 1 amide bonds. The molecular weight excluding hydrogens is 283 g/mol. The molecule has 1 aromatic rings. The van der Waals surface area contributed by atoms with E-state index < -0.39 is 33.7 Å². The van der Waals surface area contributed by atoms with Crippen molar-refractivity contribution in [2.24, 2.45) is 5.41 Å². The highest BCUT2D eigenvalue weighted by molar-refractivity contribution is 5.95. The van der Waals surface area contributed by atoms with Gasteiger partial charge in [0.2, 0.25) is 5.82 Å². The zero-order valence-corrected chi connectivity index (χ0v) is 11.2. The number of hydrogen-bond donors (Lipinski definition) is 1. The largest absolute Gasteiger partial charge is 0.481 e. The summed E-state index contributed by atoms with van der Waals surface area (Å²) in [6.45, 7) is 1.82. The Bertz CT molecular complexity index is 633. The number of likely N-dealkylation sites (tertiary alicyclic amines) is 1. The summed E-state index contributed by atoms with van der Waals surface area (Å²) >= 11 is 0. The quantitative estimate of drug-likeness (QED) is 0.675. The van der Waals surface area contributed by atoms with Crippen LogP contribution in [0.15, 0.2) is 18.2 Å². The van der Waals surface area contributed by atoms with Crippen LogP contribution in [0.2, 0.25) is 0 Å². The summed E-state index contributed by atoms with van der Waals surface area (Å²) in [6.07, 6.45) is 0.309. The fraction of sp³-hybridized carbons (Fsp3) is 0.385. The molecule has 1 aromatic carbocycles. The smallest absolute Gasteiger partial charge is 0.311 e. The molecule has 1 saturated heterocycles. The van der Waals surface area contributed by atoms with Gasteiger partial charge < -0.3 is 10.0 Å². The first kappa shape index (κ1) is 14.9. The molecule has 1 heterocycles. The number of halogens is 1. The lowest BCUT2D eigenvalue weighted by Gasteiger charge is -2.20. The Balaban J connectivity index is 2.20. The van der Waals surface area contributed by atoms with E-state index in [-0.39, 0.29) is 18.7 Å². The van der Waals surface area contributed by atoms with Gasteiger partial charge in [-0.25, -0.2) is 0 Å². The van der Waals surface area contributed by atoms with E-state index in [2.05, 4.69) is 0 Å². The third-order valence-electron chi connectivity index (χ3n) is 3.67. The number of carboxylic acids is 1. The maximum atomic E-state index is 13.5. The monoisotopic (exact) mass is 296 g/mol. The molecule has 2 rings (SSSR count). The molecule has 0 spiro atoms. The highest BCUT2D eigenvalue weighted by Gasteiger charge is 2.42. The average molecular weight is 296 g/mol. The predicted molar refractivity (Wildman–Crippen MR) is 69.3 cm³/mol. The molecule has 112 valence electrons. The summed E-state index contributed by atoms with van der Waals surface area (Å²) in [6, 6.07) is 2.89. The summed E-state index contributed by atoms with van der Waals surface area (Å²) in [5.74, 6) is -2.62. The van der Waals surface area contributed by atoms with Gasteiger partial charge >= 0.3 is 11.7 Å². The zero-order chi connectivity index (χ0) is 15.8. The summed E-state index contributed by atoms with van der Waals surface area (Å²) in [7, 11) is 0. The minimum Gasteiger partial charge on any atom is -0.481 e. The van der Waals surface area contributed by atoms with E-state index in [1.165, 1.54) is 11.0 Å². The number of carbonyl (C=O) groups is 2. The van der Waals surface area contributed by atoms with Crippen molar-refractivity contribution in [3.8, 4) is 0 Å². The van der Waals surface area contributed by atoms with Crippen molar-refractivity contribution in [1.29, 1.82) is 0 Å². The van der Waals surface area contributed by atoms with Gasteiger partial charge in [0, 0.05) is 24.7 Å². The van der Waals surface area contributed by atoms with Crippen molar-refractivity contribution in [1.82, 2.24) is 4.90 Å². The number of nitrogens with zero attached hydrogens (tertiary/aromatic N) is 2. The molecule has 0 aromatic heterocycles. The van der Waals surface area contributed by atoms with Gasteiger partial charge in [0.15, 0.2) is 0 Å². The maximum Gasteiger partial charge on any atom is 0.311 e. The van der Waals surface area contributed by atoms with Gasteiger partial charge in [0.05, 0.1) is 10.3 Å². The van der Waals surface area contributed by atoms with Gasteiger partial charge in [-0.05, 0) is 25.5 Å². The fourth-order valence-corrected chi connectivity index (χ4v) is 2.28. The van der Waals surface area contributed by atoms with Crippen LogP contribution >= 0.6 is 0 Å². The van der Waals surface area contributed by atoms with Crippen LogP contribution in [0.3, 0.4) is 0 Å². The first-order chi connectivity index (χ1) is 9.74. The standard InChI is InChI=1S/C13H13FN2O5/c1-13(12(18)19)4-5-15(7-13)11(17)8-2-3-10(16(20)21)9(14)6-8/h2-3,6H,4-5,7H2,1H3,(H,18,19). The molecule has 1 atom stereocenters. The fourth-order valence-electron chi connectivity index (χ4n) is 2.28. The second kappa shape index (κ2) is 5.12. The number of aliphatic carboxylic acids is 1. The second-order valence-corrected chi connectivity index (χ2v) is 5.27. The Labute approximate surface area is 119 Å². The van der Waals surface area contributed by atoms with E-state index in [1.807, 2.05) is 0 Å². The highest BCUT2D eigenvalue weighted by Crippen LogP contribution is 2.31. The molecule has 1 fully saturated rings. The van der Waals surface area contributed by atoms with Crippen molar-refractivity contribution < 1.29 is 24.0 Å². The van der Waals surface area contributed by atoms with E-state index in [4.69, 9.17) is 5.11 Å². The van der Waals surface area contributed by atoms with E-state index in [0.29, 0.717) is 6.42 Å². The van der Waals surface area contributed by atoms with Crippen molar-refractivity contribution in [2.75, 3.05) is 13.1 Å². The summed E-state index contributed by atoms with van der Waals surface area (Å²) in [5.41, 5.74) is -1.76. The molecule has 1 aliphatic heterocycles. The molecule has 8 heteroatoms. The van der Waals surface area contributed by atoms with Crippen LogP contribution in [-0.4, -0.2) is 39.9 Å². The summed E-state index contributed by atoms with van der Waals surface area (Å²) in [4.78, 5) is 34.3. The third-order valence-corrected chi connectivity index (χ3v) is 3.67. The molecule has 0 radical (unpaired) electrons. The lowest BCUT2D eigenvalue weighted by Crippen LogP contribution is -2.34. The van der Waals surface area contributed by atoms with Crippen molar-refractivity contribution in [3.05, 3.63) is 39.7 Å². The van der Waals surface area contributed by atoms with Crippen LogP contribution in [0.4, 0.5) is 10.1 Å². The first-order valence-electron chi connectivity index (χ1n) is 6.21. The Morgan fingerprint density at radius 1 is 1.48 bits per heavy atom. The Morgan fingerprint density at radius 2 is 2.14 bits per heavy atom. The number of nitro benzene ring substituents is 1. The van der Waals surface area contributed by atoms with E-state index in [1.54, 1.807) is 6.92 Å². The number of carbonyl (C=O) groups excluding carboxylic acids is 1. The number of amides is 1. The van der Waals surface area contributed by atoms with Crippen molar-refractivity contribution in [3.63, 3.8) is 0 Å². The normalized spacial score (nSPS) is 21.3. The highest BCUT2D eigenvalue weighted by atomic mass is 19.1. The van der Waals surface area contributed by atoms with Crippen LogP contribution in [0.25, 0.3) is 0 Å². The van der Waals surface area contributed by atoms with Crippen LogP contribution in [0.5, 0.6) is 0 Å². The SMILES string of the molecule is CC1(C(=O)O)CCN(C(=O)c2ccc([N+](=O)[O-])c(F)c2)C1. The molecule has 1 unspecified atom stereocenters. The lowest BCUT2D eigenvalue weighted by molar-refractivity contribution is -0.387. The Kier molecular flexibility index (Phi) is 3.63. The van der Waals surface area contributed by atoms with Gasteiger partial charge in [0.1, 0.15) is 0 Å². The van der Waals surface area contributed by atoms with Crippen molar-refractivity contribution >= 4 is 17.6 Å². The predicted octanol–water partition coefficient (Wildman–Crippen LogP) is 1.67. The molecule has 0 aliphatic carbocycles. The third kappa shape index (κ3) is 2.69. The molecule has 1 aliphatic rings. The van der Waals surface area contributed by atoms with Crippen LogP contribution in [-0.2, 0) is 4.79 Å². The van der Waals surface area contributed by atoms with Gasteiger partial charge in [-0.1, -0.05) is 0 Å². The topological polar surface area (TPSA) is 101 Å². The van der Waals surface area contributed by atoms with Crippen LogP contribution in [0.1, 0.15) is 23.7 Å². The lowest BCUT2D eigenvalue weighted by atomic mass is 9.90. The molecule has 0 bridgehead atoms. The number of nitro groups is 1. The number of hydrogen-bond acceptors (Lipinski definition) is 4. The molecule has 0 saturated carbocycles. The molecular formula is C13H13FN2O5. The summed E-state index contributed by atoms with van der Waals surface area (Å²) < 4.78 is 13.5. The average Bonchev–Trinajstić information content (AvgIpc) is 2.81. The number of benzene rings is 1. The minimum atomic E-state index is -1.09. The summed E-state index contributed by atoms with van der Waals surface area (Å²) in [5, 5.41) is 19.6. The minimum absolute atomic E-state index is 0.0276. The van der Waals surface area contributed by atoms with E-state index in [9.17, 15) is 24.1 Å². The van der Waals surface area contributed by atoms with Crippen molar-refractivity contribution in [2.45, 2.75) is 13.3 Å². The second-order valence-electron chi connectivity index (χ2n) is 5.27. The van der Waals surface area contributed by atoms with Gasteiger partial charge in [-0.2, -0.15) is 4.39 Å². The van der Waals surface area contributed by atoms with Gasteiger partial charge in [-0.15, -0.1) is 0 Å². The van der Waals surface area contributed by atoms with Crippen LogP contribution < -0.4 is 0 Å². The molecule has 21 heavy (non-hydrogen) atoms. The number of rotatable bonds is 3. The Morgan fingerprint density at radius 3 is 2.62 bits per heavy atom. The molecule has 1 N–H and O–H groups in total. The van der Waals surface area contributed by atoms with Gasteiger partial charge in [-0.3, -0.25) is 19.7 Å². The van der Waals surface area contributed by atoms with E-state index in [0.717, 1.165) is 12.1 Å². The van der Waals surface area contributed by atoms with Crippen LogP contribution in [0, 0.1) is 21.3 Å².